The molecule has 4 aromatic rings. The number of hydrazone groups is 1. The molecule has 1 aliphatic heterocycles. The van der Waals surface area contributed by atoms with Gasteiger partial charge in [0.1, 0.15) is 0 Å². The Bertz CT molecular complexity index is 1600. The van der Waals surface area contributed by atoms with E-state index < -0.39 is 0 Å². The van der Waals surface area contributed by atoms with Crippen molar-refractivity contribution in [3.8, 4) is 22.8 Å². The molecule has 1 N–H and O–H groups in total. The summed E-state index contributed by atoms with van der Waals surface area (Å²) in [7, 11) is 0. The lowest BCUT2D eigenvalue weighted by Gasteiger charge is -2.36. The molecule has 0 saturated heterocycles. The Kier molecular flexibility index (Phi) is 5.50. The molecular weight excluding hydrogens is 476 g/mol. The van der Waals surface area contributed by atoms with Crippen molar-refractivity contribution in [2.45, 2.75) is 44.1 Å². The molecule has 0 unspecified atom stereocenters. The van der Waals surface area contributed by atoms with Crippen molar-refractivity contribution in [1.82, 2.24) is 9.55 Å². The molecule has 38 heavy (non-hydrogen) atoms. The second-order valence-corrected chi connectivity index (χ2v) is 10.3. The van der Waals surface area contributed by atoms with Crippen LogP contribution in [-0.2, 0) is 18.4 Å². The van der Waals surface area contributed by atoms with E-state index in [1.807, 2.05) is 54.6 Å². The van der Waals surface area contributed by atoms with Crippen LogP contribution >= 0.6 is 0 Å². The fraction of sp³-hybridized carbons (Fsp3) is 0.258. The van der Waals surface area contributed by atoms with Gasteiger partial charge in [0.05, 0.1) is 24.0 Å². The molecule has 0 radical (unpaired) electrons. The van der Waals surface area contributed by atoms with Gasteiger partial charge in [0, 0.05) is 11.0 Å². The highest BCUT2D eigenvalue weighted by Gasteiger charge is 2.44. The van der Waals surface area contributed by atoms with Gasteiger partial charge in [-0.1, -0.05) is 67.4 Å². The van der Waals surface area contributed by atoms with Crippen LogP contribution in [0.2, 0.25) is 0 Å². The largest absolute Gasteiger partial charge is 0.454 e. The SMILES string of the molecule is O=c1c2c(nc(N/N=C\c3ccc4c(c3)OCO4)n1Cc1ccccc1)-c1ccccc1CC21CCCC1. The zero-order valence-corrected chi connectivity index (χ0v) is 21.0. The highest BCUT2D eigenvalue weighted by Crippen LogP contribution is 2.49. The molecular formula is C31H28N4O3. The summed E-state index contributed by atoms with van der Waals surface area (Å²) in [6.45, 7) is 0.640. The van der Waals surface area contributed by atoms with Crippen molar-refractivity contribution < 1.29 is 9.47 Å². The number of hydrogen-bond donors (Lipinski definition) is 1. The predicted octanol–water partition coefficient (Wildman–Crippen LogP) is 5.50. The standard InChI is InChI=1S/C31H28N4O3/c36-29-27-28(24-11-5-4-10-23(24)17-31(27)14-6-7-15-31)33-30(35(29)19-21-8-2-1-3-9-21)34-32-18-22-12-13-25-26(16-22)38-20-37-25/h1-5,8-13,16,18H,6-7,14-15,17,19-20H2,(H,33,34)/b32-18-. The molecule has 0 bridgehead atoms. The Morgan fingerprint density at radius 2 is 1.76 bits per heavy atom. The monoisotopic (exact) mass is 504 g/mol. The minimum absolute atomic E-state index is 0.0241. The summed E-state index contributed by atoms with van der Waals surface area (Å²) in [6, 6.07) is 24.1. The Morgan fingerprint density at radius 3 is 2.63 bits per heavy atom. The Balaban J connectivity index is 1.34. The molecule has 190 valence electrons. The molecule has 1 spiro atoms. The first-order valence-corrected chi connectivity index (χ1v) is 13.2. The molecule has 7 rings (SSSR count). The average molecular weight is 505 g/mol. The highest BCUT2D eigenvalue weighted by atomic mass is 16.7. The van der Waals surface area contributed by atoms with Crippen LogP contribution in [0.25, 0.3) is 11.3 Å². The first-order valence-electron chi connectivity index (χ1n) is 13.2. The number of ether oxygens (including phenoxy) is 2. The Labute approximate surface area is 220 Å². The number of nitrogens with one attached hydrogen (secondary N) is 1. The summed E-state index contributed by atoms with van der Waals surface area (Å²) in [4.78, 5) is 19.5. The maximum Gasteiger partial charge on any atom is 0.259 e. The second kappa shape index (κ2) is 9.17. The third kappa shape index (κ3) is 3.86. The van der Waals surface area contributed by atoms with Gasteiger partial charge in [-0.05, 0) is 54.2 Å². The normalized spacial score (nSPS) is 16.5. The van der Waals surface area contributed by atoms with E-state index in [2.05, 4.69) is 28.7 Å². The first kappa shape index (κ1) is 22.8. The van der Waals surface area contributed by atoms with E-state index in [-0.39, 0.29) is 17.8 Å². The minimum atomic E-state index is -0.152. The number of aromatic nitrogens is 2. The minimum Gasteiger partial charge on any atom is -0.454 e. The Morgan fingerprint density at radius 1 is 0.974 bits per heavy atom. The number of nitrogens with zero attached hydrogens (tertiary/aromatic N) is 3. The maximum atomic E-state index is 14.4. The molecule has 3 aliphatic rings. The summed E-state index contributed by atoms with van der Waals surface area (Å²) in [5.74, 6) is 1.85. The van der Waals surface area contributed by atoms with Crippen LogP contribution in [0.3, 0.4) is 0 Å². The number of anilines is 1. The lowest BCUT2D eigenvalue weighted by molar-refractivity contribution is 0.174. The van der Waals surface area contributed by atoms with Gasteiger partial charge in [0.15, 0.2) is 11.5 Å². The van der Waals surface area contributed by atoms with E-state index >= 15 is 0 Å². The van der Waals surface area contributed by atoms with Gasteiger partial charge < -0.3 is 9.47 Å². The molecule has 2 aliphatic carbocycles. The highest BCUT2D eigenvalue weighted by molar-refractivity contribution is 5.81. The van der Waals surface area contributed by atoms with Crippen LogP contribution in [0, 0.1) is 0 Å². The average Bonchev–Trinajstić information content (AvgIpc) is 3.61. The fourth-order valence-electron chi connectivity index (χ4n) is 6.22. The van der Waals surface area contributed by atoms with E-state index in [1.54, 1.807) is 10.8 Å². The number of fused-ring (bicyclic) bond motifs is 5. The molecule has 1 aromatic heterocycles. The molecule has 7 heteroatoms. The predicted molar refractivity (Wildman–Crippen MR) is 147 cm³/mol. The zero-order chi connectivity index (χ0) is 25.5. The topological polar surface area (TPSA) is 77.7 Å². The van der Waals surface area contributed by atoms with E-state index in [0.29, 0.717) is 18.2 Å². The molecule has 1 saturated carbocycles. The van der Waals surface area contributed by atoms with E-state index in [1.165, 1.54) is 5.56 Å². The smallest absolute Gasteiger partial charge is 0.259 e. The van der Waals surface area contributed by atoms with Crippen molar-refractivity contribution in [3.05, 3.63) is 105 Å². The van der Waals surface area contributed by atoms with Gasteiger partial charge in [-0.3, -0.25) is 9.36 Å². The number of benzene rings is 3. The molecule has 1 fully saturated rings. The second-order valence-electron chi connectivity index (χ2n) is 10.3. The number of rotatable bonds is 5. The maximum absolute atomic E-state index is 14.4. The summed E-state index contributed by atoms with van der Waals surface area (Å²) in [5, 5.41) is 4.48. The van der Waals surface area contributed by atoms with E-state index in [0.717, 1.165) is 65.8 Å². The van der Waals surface area contributed by atoms with E-state index in [4.69, 9.17) is 14.5 Å². The third-order valence-corrected chi connectivity index (χ3v) is 8.02. The van der Waals surface area contributed by atoms with Crippen LogP contribution in [-0.4, -0.2) is 22.6 Å². The van der Waals surface area contributed by atoms with Gasteiger partial charge in [0.2, 0.25) is 12.7 Å². The quantitative estimate of drug-likeness (QED) is 0.287. The van der Waals surface area contributed by atoms with Crippen LogP contribution in [0.4, 0.5) is 5.95 Å². The summed E-state index contributed by atoms with van der Waals surface area (Å²) in [6.07, 6.45) is 6.91. The van der Waals surface area contributed by atoms with Crippen molar-refractivity contribution >= 4 is 12.2 Å². The molecule has 0 atom stereocenters. The van der Waals surface area contributed by atoms with Crippen molar-refractivity contribution in [1.29, 1.82) is 0 Å². The molecule has 3 aromatic carbocycles. The molecule has 2 heterocycles. The zero-order valence-electron chi connectivity index (χ0n) is 21.0. The van der Waals surface area contributed by atoms with Crippen LogP contribution in [0.5, 0.6) is 11.5 Å². The van der Waals surface area contributed by atoms with Gasteiger partial charge in [0.25, 0.3) is 5.56 Å². The summed E-state index contributed by atoms with van der Waals surface area (Å²) >= 11 is 0. The third-order valence-electron chi connectivity index (χ3n) is 8.02. The molecule has 0 amide bonds. The first-order chi connectivity index (χ1) is 18.7. The van der Waals surface area contributed by atoms with Crippen molar-refractivity contribution in [2.75, 3.05) is 12.2 Å². The fourth-order valence-corrected chi connectivity index (χ4v) is 6.22. The van der Waals surface area contributed by atoms with E-state index in [9.17, 15) is 4.79 Å². The van der Waals surface area contributed by atoms with Crippen molar-refractivity contribution in [2.24, 2.45) is 5.10 Å². The molecule has 7 nitrogen and oxygen atoms in total. The lowest BCUT2D eigenvalue weighted by atomic mass is 9.68. The van der Waals surface area contributed by atoms with Crippen LogP contribution in [0.1, 0.15) is 47.9 Å². The van der Waals surface area contributed by atoms with Gasteiger partial charge in [-0.25, -0.2) is 10.4 Å². The van der Waals surface area contributed by atoms with Crippen LogP contribution in [0.15, 0.2) is 82.7 Å². The van der Waals surface area contributed by atoms with Crippen molar-refractivity contribution in [3.63, 3.8) is 0 Å². The van der Waals surface area contributed by atoms with Gasteiger partial charge >= 0.3 is 0 Å². The van der Waals surface area contributed by atoms with Gasteiger partial charge in [-0.15, -0.1) is 0 Å². The number of hydrogen-bond acceptors (Lipinski definition) is 6. The van der Waals surface area contributed by atoms with Crippen LogP contribution < -0.4 is 20.5 Å². The summed E-state index contributed by atoms with van der Waals surface area (Å²) < 4.78 is 12.6. The summed E-state index contributed by atoms with van der Waals surface area (Å²) in [5.41, 5.74) is 8.84. The Hall–Kier alpha value is -4.39. The van der Waals surface area contributed by atoms with Gasteiger partial charge in [-0.2, -0.15) is 5.10 Å². The lowest BCUT2D eigenvalue weighted by Crippen LogP contribution is -2.40.